The normalized spacial score (nSPS) is 12.0. The molecule has 0 fully saturated rings. The van der Waals surface area contributed by atoms with E-state index in [1.165, 1.54) is 11.1 Å². The monoisotopic (exact) mass is 311 g/mol. The van der Waals surface area contributed by atoms with E-state index in [0.29, 0.717) is 11.7 Å². The topological polar surface area (TPSA) is 38.3 Å². The van der Waals surface area contributed by atoms with Crippen molar-refractivity contribution < 1.29 is 9.53 Å². The minimum Gasteiger partial charge on any atom is -0.484 e. The second-order valence-corrected chi connectivity index (χ2v) is 6.21. The summed E-state index contributed by atoms with van der Waals surface area (Å²) >= 11 is 0. The lowest BCUT2D eigenvalue weighted by atomic mass is 10.0. The van der Waals surface area contributed by atoms with Crippen molar-refractivity contribution >= 4 is 5.91 Å². The largest absolute Gasteiger partial charge is 0.484 e. The molecule has 0 spiro atoms. The highest BCUT2D eigenvalue weighted by Crippen LogP contribution is 2.18. The van der Waals surface area contributed by atoms with E-state index in [4.69, 9.17) is 4.74 Å². The first-order valence-corrected chi connectivity index (χ1v) is 8.04. The Morgan fingerprint density at radius 3 is 2.09 bits per heavy atom. The molecule has 1 amide bonds. The van der Waals surface area contributed by atoms with Crippen molar-refractivity contribution in [2.45, 2.75) is 39.7 Å². The molecule has 3 nitrogen and oxygen atoms in total. The number of rotatable bonds is 6. The van der Waals surface area contributed by atoms with Gasteiger partial charge in [0.05, 0.1) is 6.04 Å². The van der Waals surface area contributed by atoms with Crippen molar-refractivity contribution in [3.8, 4) is 5.75 Å². The molecule has 0 heterocycles. The average molecular weight is 311 g/mol. The summed E-state index contributed by atoms with van der Waals surface area (Å²) in [4.78, 5) is 12.0. The fourth-order valence-corrected chi connectivity index (χ4v) is 2.32. The zero-order valence-electron chi connectivity index (χ0n) is 14.3. The summed E-state index contributed by atoms with van der Waals surface area (Å²) in [5.74, 6) is 1.08. The van der Waals surface area contributed by atoms with Crippen molar-refractivity contribution in [3.05, 3.63) is 65.2 Å². The molecule has 0 aliphatic carbocycles. The molecule has 23 heavy (non-hydrogen) atoms. The van der Waals surface area contributed by atoms with Crippen molar-refractivity contribution in [1.82, 2.24) is 5.32 Å². The quantitative estimate of drug-likeness (QED) is 0.860. The van der Waals surface area contributed by atoms with Crippen LogP contribution in [-0.4, -0.2) is 12.5 Å². The smallest absolute Gasteiger partial charge is 0.258 e. The van der Waals surface area contributed by atoms with E-state index in [1.54, 1.807) is 0 Å². The SMILES string of the molecule is Cc1ccc([C@H](C)NC(=O)COc2ccc(C(C)C)cc2)cc1. The van der Waals surface area contributed by atoms with Crippen LogP contribution in [0.2, 0.25) is 0 Å². The molecule has 0 unspecified atom stereocenters. The second-order valence-electron chi connectivity index (χ2n) is 6.21. The third kappa shape index (κ3) is 5.13. The fraction of sp³-hybridized carbons (Fsp3) is 0.350. The number of aryl methyl sites for hydroxylation is 1. The number of benzene rings is 2. The minimum absolute atomic E-state index is 0.0250. The van der Waals surface area contributed by atoms with Crippen LogP contribution in [0.4, 0.5) is 0 Å². The highest BCUT2D eigenvalue weighted by Gasteiger charge is 2.10. The van der Waals surface area contributed by atoms with Gasteiger partial charge in [-0.3, -0.25) is 4.79 Å². The zero-order valence-corrected chi connectivity index (χ0v) is 14.3. The lowest BCUT2D eigenvalue weighted by Crippen LogP contribution is -2.31. The van der Waals surface area contributed by atoms with Crippen LogP contribution in [0.3, 0.4) is 0 Å². The zero-order chi connectivity index (χ0) is 16.8. The molecule has 1 atom stereocenters. The lowest BCUT2D eigenvalue weighted by Gasteiger charge is -2.15. The summed E-state index contributed by atoms with van der Waals surface area (Å²) in [7, 11) is 0. The maximum absolute atomic E-state index is 12.0. The van der Waals surface area contributed by atoms with Crippen LogP contribution >= 0.6 is 0 Å². The van der Waals surface area contributed by atoms with Gasteiger partial charge in [-0.15, -0.1) is 0 Å². The fourth-order valence-electron chi connectivity index (χ4n) is 2.32. The third-order valence-corrected chi connectivity index (χ3v) is 3.87. The van der Waals surface area contributed by atoms with Crippen molar-refractivity contribution in [1.29, 1.82) is 0 Å². The van der Waals surface area contributed by atoms with Gasteiger partial charge in [0, 0.05) is 0 Å². The molecule has 2 aromatic rings. The van der Waals surface area contributed by atoms with Gasteiger partial charge < -0.3 is 10.1 Å². The third-order valence-electron chi connectivity index (χ3n) is 3.87. The summed E-state index contributed by atoms with van der Waals surface area (Å²) < 4.78 is 5.55. The Morgan fingerprint density at radius 1 is 0.957 bits per heavy atom. The van der Waals surface area contributed by atoms with Gasteiger partial charge in [-0.2, -0.15) is 0 Å². The maximum atomic E-state index is 12.0. The van der Waals surface area contributed by atoms with E-state index >= 15 is 0 Å². The van der Waals surface area contributed by atoms with Crippen molar-refractivity contribution in [3.63, 3.8) is 0 Å². The van der Waals surface area contributed by atoms with Gasteiger partial charge in [0.15, 0.2) is 6.61 Å². The molecule has 2 aromatic carbocycles. The Hall–Kier alpha value is -2.29. The highest BCUT2D eigenvalue weighted by atomic mass is 16.5. The van der Waals surface area contributed by atoms with Crippen molar-refractivity contribution in [2.75, 3.05) is 6.61 Å². The summed E-state index contributed by atoms with van der Waals surface area (Å²) in [6.07, 6.45) is 0. The molecule has 1 N–H and O–H groups in total. The number of ether oxygens (including phenoxy) is 1. The molecule has 0 aliphatic heterocycles. The first-order valence-electron chi connectivity index (χ1n) is 8.04. The number of hydrogen-bond acceptors (Lipinski definition) is 2. The molecule has 0 saturated carbocycles. The van der Waals surface area contributed by atoms with E-state index < -0.39 is 0 Å². The van der Waals surface area contributed by atoms with Crippen LogP contribution in [0, 0.1) is 6.92 Å². The molecule has 0 aliphatic rings. The van der Waals surface area contributed by atoms with Crippen LogP contribution < -0.4 is 10.1 Å². The first-order chi connectivity index (χ1) is 11.0. The van der Waals surface area contributed by atoms with Gasteiger partial charge in [0.1, 0.15) is 5.75 Å². The number of hydrogen-bond donors (Lipinski definition) is 1. The lowest BCUT2D eigenvalue weighted by molar-refractivity contribution is -0.123. The van der Waals surface area contributed by atoms with Gasteiger partial charge >= 0.3 is 0 Å². The molecule has 0 saturated heterocycles. The van der Waals surface area contributed by atoms with Crippen LogP contribution in [-0.2, 0) is 4.79 Å². The Kier molecular flexibility index (Phi) is 5.80. The van der Waals surface area contributed by atoms with Gasteiger partial charge in [-0.25, -0.2) is 0 Å². The van der Waals surface area contributed by atoms with E-state index in [2.05, 4.69) is 19.2 Å². The molecule has 0 aromatic heterocycles. The van der Waals surface area contributed by atoms with E-state index in [0.717, 1.165) is 5.56 Å². The predicted molar refractivity (Wildman–Crippen MR) is 93.8 cm³/mol. The second kappa shape index (κ2) is 7.82. The van der Waals surface area contributed by atoms with Crippen LogP contribution in [0.15, 0.2) is 48.5 Å². The Balaban J connectivity index is 1.83. The summed E-state index contributed by atoms with van der Waals surface area (Å²) in [6, 6.07) is 16.0. The highest BCUT2D eigenvalue weighted by molar-refractivity contribution is 5.78. The molecule has 122 valence electrons. The molecule has 0 radical (unpaired) electrons. The maximum Gasteiger partial charge on any atom is 0.258 e. The van der Waals surface area contributed by atoms with Crippen LogP contribution in [0.5, 0.6) is 5.75 Å². The molecular formula is C20H25NO2. The first kappa shape index (κ1) is 17.1. The van der Waals surface area contributed by atoms with Gasteiger partial charge in [-0.1, -0.05) is 55.8 Å². The van der Waals surface area contributed by atoms with Gasteiger partial charge in [0.2, 0.25) is 0 Å². The summed E-state index contributed by atoms with van der Waals surface area (Å²) in [6.45, 7) is 8.34. The van der Waals surface area contributed by atoms with Gasteiger partial charge in [0.25, 0.3) is 5.91 Å². The van der Waals surface area contributed by atoms with E-state index in [1.807, 2.05) is 62.4 Å². The summed E-state index contributed by atoms with van der Waals surface area (Å²) in [5.41, 5.74) is 3.56. The molecule has 2 rings (SSSR count). The van der Waals surface area contributed by atoms with Crippen LogP contribution in [0.1, 0.15) is 49.4 Å². The standard InChI is InChI=1S/C20H25NO2/c1-14(2)17-9-11-19(12-10-17)23-13-20(22)21-16(4)18-7-5-15(3)6-8-18/h5-12,14,16H,13H2,1-4H3,(H,21,22)/t16-/m0/s1. The molecule has 0 bridgehead atoms. The minimum atomic E-state index is -0.119. The van der Waals surface area contributed by atoms with E-state index in [-0.39, 0.29) is 18.6 Å². The number of nitrogens with one attached hydrogen (secondary N) is 1. The van der Waals surface area contributed by atoms with E-state index in [9.17, 15) is 4.79 Å². The van der Waals surface area contributed by atoms with Crippen molar-refractivity contribution in [2.24, 2.45) is 0 Å². The molecular weight excluding hydrogens is 286 g/mol. The number of carbonyl (C=O) groups is 1. The number of amides is 1. The summed E-state index contributed by atoms with van der Waals surface area (Å²) in [5, 5.41) is 2.95. The average Bonchev–Trinajstić information content (AvgIpc) is 2.54. The predicted octanol–water partition coefficient (Wildman–Crippen LogP) is 4.37. The Labute approximate surface area is 138 Å². The Morgan fingerprint density at radius 2 is 1.52 bits per heavy atom. The van der Waals surface area contributed by atoms with Gasteiger partial charge in [-0.05, 0) is 43.0 Å². The molecule has 3 heteroatoms. The Bertz CT molecular complexity index is 630. The number of carbonyl (C=O) groups excluding carboxylic acids is 1. The van der Waals surface area contributed by atoms with Crippen LogP contribution in [0.25, 0.3) is 0 Å².